The number of rotatable bonds is 4. The lowest BCUT2D eigenvalue weighted by atomic mass is 9.86. The fraction of sp³-hybridized carbons (Fsp3) is 0.667. The number of hydrogen-bond donors (Lipinski definition) is 1. The Hall–Kier alpha value is -1.49. The summed E-state index contributed by atoms with van der Waals surface area (Å²) in [5.41, 5.74) is 0.843. The summed E-state index contributed by atoms with van der Waals surface area (Å²) >= 11 is 0. The summed E-state index contributed by atoms with van der Waals surface area (Å²) in [4.78, 5) is 22.8. The van der Waals surface area contributed by atoms with Crippen molar-refractivity contribution in [2.75, 3.05) is 13.6 Å². The van der Waals surface area contributed by atoms with Gasteiger partial charge in [0, 0.05) is 25.5 Å². The van der Waals surface area contributed by atoms with Crippen LogP contribution in [0.25, 0.3) is 0 Å². The van der Waals surface area contributed by atoms with E-state index in [2.05, 4.69) is 15.3 Å². The number of piperidine rings is 1. The fourth-order valence-electron chi connectivity index (χ4n) is 3.16. The maximum absolute atomic E-state index is 12.7. The van der Waals surface area contributed by atoms with Crippen molar-refractivity contribution in [2.45, 2.75) is 38.3 Å². The standard InChI is InChI=1S/C15H22N4O/c1-19(10-12-9-16-7-8-17-12)15(20)13-3-2-6-18-14(13)11-4-5-11/h7-9,11,13-14,18H,2-6,10H2,1H3/t13-,14-/m1/s1. The van der Waals surface area contributed by atoms with Gasteiger partial charge in [0.15, 0.2) is 0 Å². The SMILES string of the molecule is CN(Cc1cnccn1)C(=O)[C@@H]1CCCN[C@@H]1C1CC1. The van der Waals surface area contributed by atoms with E-state index in [-0.39, 0.29) is 11.8 Å². The number of nitrogens with zero attached hydrogens (tertiary/aromatic N) is 3. The van der Waals surface area contributed by atoms with E-state index in [1.165, 1.54) is 12.8 Å². The Labute approximate surface area is 119 Å². The second kappa shape index (κ2) is 5.87. The number of hydrogen-bond acceptors (Lipinski definition) is 4. The lowest BCUT2D eigenvalue weighted by Crippen LogP contribution is -2.49. The predicted molar refractivity (Wildman–Crippen MR) is 75.7 cm³/mol. The Balaban J connectivity index is 1.64. The Kier molecular flexibility index (Phi) is 3.96. The molecule has 1 aliphatic carbocycles. The van der Waals surface area contributed by atoms with Crippen LogP contribution in [-0.2, 0) is 11.3 Å². The Bertz CT molecular complexity index is 460. The molecule has 0 radical (unpaired) electrons. The van der Waals surface area contributed by atoms with E-state index in [0.717, 1.165) is 25.1 Å². The van der Waals surface area contributed by atoms with Crippen molar-refractivity contribution in [1.29, 1.82) is 0 Å². The predicted octanol–water partition coefficient (Wildman–Crippen LogP) is 1.21. The van der Waals surface area contributed by atoms with Crippen LogP contribution in [-0.4, -0.2) is 40.4 Å². The van der Waals surface area contributed by atoms with Crippen LogP contribution < -0.4 is 5.32 Å². The highest BCUT2D eigenvalue weighted by Gasteiger charge is 2.41. The van der Waals surface area contributed by atoms with Crippen molar-refractivity contribution in [3.63, 3.8) is 0 Å². The summed E-state index contributed by atoms with van der Waals surface area (Å²) in [6.07, 6.45) is 9.70. The molecule has 5 heteroatoms. The van der Waals surface area contributed by atoms with Crippen LogP contribution in [0.15, 0.2) is 18.6 Å². The molecule has 1 saturated heterocycles. The minimum Gasteiger partial charge on any atom is -0.340 e. The molecule has 0 bridgehead atoms. The second-order valence-electron chi connectivity index (χ2n) is 5.96. The minimum atomic E-state index is 0.137. The quantitative estimate of drug-likeness (QED) is 0.896. The maximum atomic E-state index is 12.7. The zero-order valence-electron chi connectivity index (χ0n) is 12.0. The topological polar surface area (TPSA) is 58.1 Å². The monoisotopic (exact) mass is 274 g/mol. The molecule has 3 rings (SSSR count). The van der Waals surface area contributed by atoms with Crippen LogP contribution in [0.1, 0.15) is 31.4 Å². The van der Waals surface area contributed by atoms with Gasteiger partial charge in [-0.1, -0.05) is 0 Å². The Morgan fingerprint density at radius 2 is 2.25 bits per heavy atom. The number of amides is 1. The van der Waals surface area contributed by atoms with Gasteiger partial charge in [-0.15, -0.1) is 0 Å². The summed E-state index contributed by atoms with van der Waals surface area (Å²) in [5.74, 6) is 1.10. The Morgan fingerprint density at radius 1 is 1.40 bits per heavy atom. The van der Waals surface area contributed by atoms with Crippen molar-refractivity contribution in [2.24, 2.45) is 11.8 Å². The van der Waals surface area contributed by atoms with E-state index >= 15 is 0 Å². The molecule has 108 valence electrons. The molecule has 1 aliphatic heterocycles. The van der Waals surface area contributed by atoms with E-state index in [1.807, 2.05) is 7.05 Å². The summed E-state index contributed by atoms with van der Waals surface area (Å²) in [7, 11) is 1.87. The van der Waals surface area contributed by atoms with E-state index in [1.54, 1.807) is 23.5 Å². The highest BCUT2D eigenvalue weighted by Crippen LogP contribution is 2.38. The highest BCUT2D eigenvalue weighted by molar-refractivity contribution is 5.79. The molecule has 2 fully saturated rings. The molecule has 0 aromatic carbocycles. The zero-order chi connectivity index (χ0) is 13.9. The summed E-state index contributed by atoms with van der Waals surface area (Å²) < 4.78 is 0. The summed E-state index contributed by atoms with van der Waals surface area (Å²) in [6.45, 7) is 1.60. The average molecular weight is 274 g/mol. The van der Waals surface area contributed by atoms with Crippen molar-refractivity contribution in [1.82, 2.24) is 20.2 Å². The third kappa shape index (κ3) is 2.98. The number of carbonyl (C=O) groups excluding carboxylic acids is 1. The van der Waals surface area contributed by atoms with Gasteiger partial charge in [-0.25, -0.2) is 0 Å². The Morgan fingerprint density at radius 3 is 2.95 bits per heavy atom. The van der Waals surface area contributed by atoms with E-state index in [0.29, 0.717) is 18.5 Å². The lowest BCUT2D eigenvalue weighted by molar-refractivity contribution is -0.137. The van der Waals surface area contributed by atoms with Crippen molar-refractivity contribution in [3.8, 4) is 0 Å². The first-order valence-corrected chi connectivity index (χ1v) is 7.49. The van der Waals surface area contributed by atoms with E-state index in [4.69, 9.17) is 0 Å². The second-order valence-corrected chi connectivity index (χ2v) is 5.96. The van der Waals surface area contributed by atoms with Crippen LogP contribution in [0.2, 0.25) is 0 Å². The molecule has 1 saturated carbocycles. The third-order valence-electron chi connectivity index (χ3n) is 4.34. The molecule has 1 amide bonds. The van der Waals surface area contributed by atoms with Crippen LogP contribution >= 0.6 is 0 Å². The molecule has 20 heavy (non-hydrogen) atoms. The van der Waals surface area contributed by atoms with Crippen molar-refractivity contribution in [3.05, 3.63) is 24.3 Å². The zero-order valence-corrected chi connectivity index (χ0v) is 12.0. The van der Waals surface area contributed by atoms with E-state index in [9.17, 15) is 4.79 Å². The largest absolute Gasteiger partial charge is 0.340 e. The third-order valence-corrected chi connectivity index (χ3v) is 4.34. The van der Waals surface area contributed by atoms with Crippen LogP contribution in [0.4, 0.5) is 0 Å². The number of nitrogens with one attached hydrogen (secondary N) is 1. The van der Waals surface area contributed by atoms with Gasteiger partial charge in [-0.05, 0) is 38.1 Å². The van der Waals surface area contributed by atoms with Crippen LogP contribution in [0, 0.1) is 11.8 Å². The van der Waals surface area contributed by atoms with E-state index < -0.39 is 0 Å². The molecule has 0 spiro atoms. The summed E-state index contributed by atoms with van der Waals surface area (Å²) in [5, 5.41) is 3.56. The molecule has 2 atom stereocenters. The average Bonchev–Trinajstić information content (AvgIpc) is 3.32. The van der Waals surface area contributed by atoms with Crippen LogP contribution in [0.3, 0.4) is 0 Å². The molecule has 2 aliphatic rings. The van der Waals surface area contributed by atoms with Gasteiger partial charge in [0.05, 0.1) is 24.4 Å². The van der Waals surface area contributed by atoms with Gasteiger partial charge >= 0.3 is 0 Å². The molecular weight excluding hydrogens is 252 g/mol. The highest BCUT2D eigenvalue weighted by atomic mass is 16.2. The molecule has 0 unspecified atom stereocenters. The molecule has 1 aromatic rings. The first-order valence-electron chi connectivity index (χ1n) is 7.49. The minimum absolute atomic E-state index is 0.137. The molecule has 1 aromatic heterocycles. The molecule has 2 heterocycles. The first-order chi connectivity index (χ1) is 9.75. The van der Waals surface area contributed by atoms with Crippen molar-refractivity contribution < 1.29 is 4.79 Å². The fourth-order valence-corrected chi connectivity index (χ4v) is 3.16. The van der Waals surface area contributed by atoms with Gasteiger partial charge in [-0.3, -0.25) is 14.8 Å². The number of aromatic nitrogens is 2. The normalized spacial score (nSPS) is 26.2. The van der Waals surface area contributed by atoms with Gasteiger partial charge in [-0.2, -0.15) is 0 Å². The van der Waals surface area contributed by atoms with Crippen LogP contribution in [0.5, 0.6) is 0 Å². The maximum Gasteiger partial charge on any atom is 0.227 e. The van der Waals surface area contributed by atoms with Gasteiger partial charge in [0.25, 0.3) is 0 Å². The molecule has 1 N–H and O–H groups in total. The van der Waals surface area contributed by atoms with Gasteiger partial charge in [0.2, 0.25) is 5.91 Å². The number of carbonyl (C=O) groups is 1. The molecule has 5 nitrogen and oxygen atoms in total. The smallest absolute Gasteiger partial charge is 0.227 e. The van der Waals surface area contributed by atoms with Gasteiger partial charge in [0.1, 0.15) is 0 Å². The van der Waals surface area contributed by atoms with Crippen molar-refractivity contribution >= 4 is 5.91 Å². The van der Waals surface area contributed by atoms with Gasteiger partial charge < -0.3 is 10.2 Å². The molecular formula is C15H22N4O. The lowest BCUT2D eigenvalue weighted by Gasteiger charge is -2.34. The first kappa shape index (κ1) is 13.5. The summed E-state index contributed by atoms with van der Waals surface area (Å²) in [6, 6.07) is 0.389.